The van der Waals surface area contributed by atoms with Gasteiger partial charge in [-0.2, -0.15) is 0 Å². The Kier molecular flexibility index (Phi) is 8.11. The summed E-state index contributed by atoms with van der Waals surface area (Å²) in [5.74, 6) is 0.0231. The lowest BCUT2D eigenvalue weighted by Crippen LogP contribution is -2.51. The summed E-state index contributed by atoms with van der Waals surface area (Å²) in [5, 5.41) is 11.0. The summed E-state index contributed by atoms with van der Waals surface area (Å²) in [7, 11) is -4.35. The fourth-order valence-corrected chi connectivity index (χ4v) is 5.50. The summed E-state index contributed by atoms with van der Waals surface area (Å²) in [6.45, 7) is 3.45. The van der Waals surface area contributed by atoms with E-state index in [-0.39, 0.29) is 5.02 Å². The summed E-state index contributed by atoms with van der Waals surface area (Å²) >= 11 is 5.79. The van der Waals surface area contributed by atoms with E-state index in [0.29, 0.717) is 31.9 Å². The second-order valence-corrected chi connectivity index (χ2v) is 10.8. The molecular weight excluding hydrogens is 518 g/mol. The Morgan fingerprint density at radius 2 is 1.89 bits per heavy atom. The van der Waals surface area contributed by atoms with Gasteiger partial charge in [-0.15, -0.1) is 0 Å². The van der Waals surface area contributed by atoms with Crippen LogP contribution >= 0.6 is 11.6 Å². The van der Waals surface area contributed by atoms with Crippen LogP contribution in [0, 0.1) is 10.1 Å². The number of nitrogens with zero attached hydrogens (tertiary/aromatic N) is 2. The molecule has 0 saturated heterocycles. The van der Waals surface area contributed by atoms with Crippen LogP contribution in [0.2, 0.25) is 5.02 Å². The molecule has 3 aromatic carbocycles. The molecule has 1 aliphatic heterocycles. The first-order valence-corrected chi connectivity index (χ1v) is 13.6. The minimum atomic E-state index is -4.35. The summed E-state index contributed by atoms with van der Waals surface area (Å²) in [6.07, 6.45) is 1.08. The maximum Gasteiger partial charge on any atom is 0.289 e. The standard InChI is InChI=1S/C26H26ClN3O6S/c1-2-12-29-16-20-13-21(36-17-18-6-4-3-5-7-18)9-8-19(20)14-25(29)26(31)28-37(34,35)22-10-11-23(27)24(15-22)30(32)33/h3-11,13,15,25H,2,12,14,16-17H2,1H3,(H,28,31). The van der Waals surface area contributed by atoms with Crippen molar-refractivity contribution in [3.8, 4) is 5.75 Å². The SMILES string of the molecule is CCCN1Cc2cc(OCc3ccccc3)ccc2CC1C(=O)NS(=O)(=O)c1ccc(Cl)c([N+](=O)[O-])c1. The zero-order chi connectivity index (χ0) is 26.6. The third-order valence-electron chi connectivity index (χ3n) is 6.13. The Morgan fingerprint density at radius 1 is 1.14 bits per heavy atom. The molecule has 0 bridgehead atoms. The van der Waals surface area contributed by atoms with Gasteiger partial charge in [0.1, 0.15) is 17.4 Å². The number of sulfonamides is 1. The molecule has 0 spiro atoms. The monoisotopic (exact) mass is 543 g/mol. The van der Waals surface area contributed by atoms with E-state index in [1.165, 1.54) is 0 Å². The number of nitro benzene ring substituents is 1. The number of fused-ring (bicyclic) bond motifs is 1. The van der Waals surface area contributed by atoms with E-state index in [4.69, 9.17) is 16.3 Å². The van der Waals surface area contributed by atoms with Gasteiger partial charge in [-0.3, -0.25) is 19.8 Å². The van der Waals surface area contributed by atoms with Gasteiger partial charge >= 0.3 is 0 Å². The first-order valence-electron chi connectivity index (χ1n) is 11.7. The van der Waals surface area contributed by atoms with Crippen LogP contribution in [0.1, 0.15) is 30.0 Å². The maximum absolute atomic E-state index is 13.2. The van der Waals surface area contributed by atoms with Gasteiger partial charge in [0.05, 0.1) is 15.9 Å². The molecule has 0 saturated carbocycles. The molecule has 4 rings (SSSR count). The van der Waals surface area contributed by atoms with E-state index in [1.807, 2.05) is 60.4 Å². The zero-order valence-corrected chi connectivity index (χ0v) is 21.7. The number of benzene rings is 3. The molecule has 1 N–H and O–H groups in total. The Morgan fingerprint density at radius 3 is 2.59 bits per heavy atom. The van der Waals surface area contributed by atoms with Crippen LogP contribution in [0.15, 0.2) is 71.6 Å². The molecule has 11 heteroatoms. The lowest BCUT2D eigenvalue weighted by Gasteiger charge is -2.35. The number of amides is 1. The lowest BCUT2D eigenvalue weighted by atomic mass is 9.93. The smallest absolute Gasteiger partial charge is 0.289 e. The minimum absolute atomic E-state index is 0.194. The van der Waals surface area contributed by atoms with E-state index >= 15 is 0 Å². The highest BCUT2D eigenvalue weighted by Crippen LogP contribution is 2.29. The number of nitro groups is 1. The van der Waals surface area contributed by atoms with Crippen molar-refractivity contribution in [2.45, 2.75) is 43.9 Å². The van der Waals surface area contributed by atoms with Crippen molar-refractivity contribution in [1.82, 2.24) is 9.62 Å². The van der Waals surface area contributed by atoms with Crippen LogP contribution in [0.3, 0.4) is 0 Å². The maximum atomic E-state index is 13.2. The van der Waals surface area contributed by atoms with E-state index in [1.54, 1.807) is 0 Å². The predicted octanol–water partition coefficient (Wildman–Crippen LogP) is 4.47. The highest BCUT2D eigenvalue weighted by Gasteiger charge is 2.34. The summed E-state index contributed by atoms with van der Waals surface area (Å²) in [6, 6.07) is 17.9. The van der Waals surface area contributed by atoms with Crippen LogP contribution in [-0.2, 0) is 34.4 Å². The summed E-state index contributed by atoms with van der Waals surface area (Å²) < 4.78 is 33.8. The largest absolute Gasteiger partial charge is 0.489 e. The van der Waals surface area contributed by atoms with Crippen LogP contribution in [-0.4, -0.2) is 36.7 Å². The summed E-state index contributed by atoms with van der Waals surface area (Å²) in [5.41, 5.74) is 2.44. The summed E-state index contributed by atoms with van der Waals surface area (Å²) in [4.78, 5) is 25.1. The lowest BCUT2D eigenvalue weighted by molar-refractivity contribution is -0.384. The average Bonchev–Trinajstić information content (AvgIpc) is 2.87. The highest BCUT2D eigenvalue weighted by atomic mass is 35.5. The van der Waals surface area contributed by atoms with Crippen LogP contribution in [0.4, 0.5) is 5.69 Å². The number of nitrogens with one attached hydrogen (secondary N) is 1. The van der Waals surface area contributed by atoms with Gasteiger partial charge in [0.25, 0.3) is 21.6 Å². The quantitative estimate of drug-likeness (QED) is 0.312. The third-order valence-corrected chi connectivity index (χ3v) is 7.79. The Balaban J connectivity index is 1.51. The number of halogens is 1. The molecule has 0 radical (unpaired) electrons. The van der Waals surface area contributed by atoms with Gasteiger partial charge < -0.3 is 4.74 Å². The van der Waals surface area contributed by atoms with Gasteiger partial charge in [0, 0.05) is 12.6 Å². The average molecular weight is 544 g/mol. The molecule has 0 fully saturated rings. The van der Waals surface area contributed by atoms with Crippen LogP contribution < -0.4 is 9.46 Å². The number of carbonyl (C=O) groups excluding carboxylic acids is 1. The van der Waals surface area contributed by atoms with Crippen molar-refractivity contribution in [2.24, 2.45) is 0 Å². The van der Waals surface area contributed by atoms with Crippen molar-refractivity contribution in [3.05, 3.63) is 98.6 Å². The fraction of sp³-hybridized carbons (Fsp3) is 0.269. The Hall–Kier alpha value is -3.47. The molecule has 1 aliphatic rings. The predicted molar refractivity (Wildman–Crippen MR) is 139 cm³/mol. The number of hydrogen-bond acceptors (Lipinski definition) is 7. The van der Waals surface area contributed by atoms with Gasteiger partial charge in [-0.1, -0.05) is 54.9 Å². The molecule has 194 valence electrons. The number of carbonyl (C=O) groups is 1. The van der Waals surface area contributed by atoms with Crippen molar-refractivity contribution < 1.29 is 22.9 Å². The normalized spacial score (nSPS) is 15.6. The van der Waals surface area contributed by atoms with Crippen molar-refractivity contribution in [1.29, 1.82) is 0 Å². The zero-order valence-electron chi connectivity index (χ0n) is 20.1. The Bertz CT molecular complexity index is 1420. The van der Waals surface area contributed by atoms with Crippen LogP contribution in [0.5, 0.6) is 5.75 Å². The molecule has 1 heterocycles. The fourth-order valence-electron chi connectivity index (χ4n) is 4.29. The first kappa shape index (κ1) is 26.6. The first-order chi connectivity index (χ1) is 17.7. The number of hydrogen-bond donors (Lipinski definition) is 1. The second kappa shape index (κ2) is 11.3. The molecular formula is C26H26ClN3O6S. The van der Waals surface area contributed by atoms with E-state index in [0.717, 1.165) is 41.3 Å². The van der Waals surface area contributed by atoms with Crippen molar-refractivity contribution >= 4 is 33.2 Å². The van der Waals surface area contributed by atoms with Crippen molar-refractivity contribution in [3.63, 3.8) is 0 Å². The number of rotatable bonds is 9. The molecule has 9 nitrogen and oxygen atoms in total. The molecule has 0 aliphatic carbocycles. The number of ether oxygens (including phenoxy) is 1. The molecule has 1 amide bonds. The molecule has 0 aromatic heterocycles. The highest BCUT2D eigenvalue weighted by molar-refractivity contribution is 7.90. The van der Waals surface area contributed by atoms with Gasteiger partial charge in [-0.05, 0) is 60.3 Å². The molecule has 3 aromatic rings. The molecule has 37 heavy (non-hydrogen) atoms. The third kappa shape index (κ3) is 6.27. The van der Waals surface area contributed by atoms with Gasteiger partial charge in [0.2, 0.25) is 0 Å². The van der Waals surface area contributed by atoms with E-state index in [2.05, 4.69) is 4.72 Å². The van der Waals surface area contributed by atoms with Crippen molar-refractivity contribution in [2.75, 3.05) is 6.54 Å². The minimum Gasteiger partial charge on any atom is -0.489 e. The van der Waals surface area contributed by atoms with E-state index in [9.17, 15) is 23.3 Å². The van der Waals surface area contributed by atoms with Gasteiger partial charge in [-0.25, -0.2) is 13.1 Å². The second-order valence-electron chi connectivity index (χ2n) is 8.74. The Labute approximate surface area is 220 Å². The molecule has 1 atom stereocenters. The van der Waals surface area contributed by atoms with Gasteiger partial charge in [0.15, 0.2) is 0 Å². The topological polar surface area (TPSA) is 119 Å². The van der Waals surface area contributed by atoms with E-state index < -0.39 is 37.5 Å². The molecule has 1 unspecified atom stereocenters. The van der Waals surface area contributed by atoms with Crippen LogP contribution in [0.25, 0.3) is 0 Å².